The minimum Gasteiger partial charge on any atom is -0.494 e. The Balaban J connectivity index is 2.04. The summed E-state index contributed by atoms with van der Waals surface area (Å²) < 4.78 is 34.2. The van der Waals surface area contributed by atoms with Crippen molar-refractivity contribution in [3.05, 3.63) is 88.4 Å². The first-order chi connectivity index (χ1) is 18.6. The van der Waals surface area contributed by atoms with E-state index >= 15 is 0 Å². The van der Waals surface area contributed by atoms with Crippen molar-refractivity contribution >= 4 is 50.7 Å². The molecule has 2 amide bonds. The Bertz CT molecular complexity index is 1390. The molecule has 0 saturated heterocycles. The van der Waals surface area contributed by atoms with Gasteiger partial charge in [0.1, 0.15) is 18.3 Å². The highest BCUT2D eigenvalue weighted by molar-refractivity contribution is 7.92. The fraction of sp³-hybridized carbons (Fsp3) is 0.286. The number of anilines is 1. The van der Waals surface area contributed by atoms with Gasteiger partial charge in [0.15, 0.2) is 0 Å². The minimum atomic E-state index is -4.17. The predicted octanol–water partition coefficient (Wildman–Crippen LogP) is 5.14. The molecule has 208 valence electrons. The number of ether oxygens (including phenoxy) is 1. The van der Waals surface area contributed by atoms with E-state index in [1.54, 1.807) is 67.6 Å². The molecule has 3 rings (SSSR count). The number of amides is 2. The van der Waals surface area contributed by atoms with E-state index in [-0.39, 0.29) is 17.3 Å². The van der Waals surface area contributed by atoms with Crippen LogP contribution in [0, 0.1) is 0 Å². The summed E-state index contributed by atoms with van der Waals surface area (Å²) in [6, 6.07) is 18.3. The summed E-state index contributed by atoms with van der Waals surface area (Å²) in [5, 5.41) is 3.34. The number of likely N-dealkylation sites (N-methyl/N-ethyl adjacent to an activating group) is 1. The summed E-state index contributed by atoms with van der Waals surface area (Å²) in [5.41, 5.74) is 0.870. The highest BCUT2D eigenvalue weighted by Crippen LogP contribution is 2.27. The van der Waals surface area contributed by atoms with E-state index in [1.807, 2.05) is 6.92 Å². The highest BCUT2D eigenvalue weighted by atomic mass is 35.5. The van der Waals surface area contributed by atoms with Crippen LogP contribution >= 0.6 is 23.2 Å². The number of sulfonamides is 1. The van der Waals surface area contributed by atoms with Crippen LogP contribution in [0.25, 0.3) is 0 Å². The third kappa shape index (κ3) is 7.44. The van der Waals surface area contributed by atoms with Crippen LogP contribution in [0.3, 0.4) is 0 Å². The number of rotatable bonds is 12. The molecule has 3 aromatic rings. The monoisotopic (exact) mass is 591 g/mol. The summed E-state index contributed by atoms with van der Waals surface area (Å²) in [7, 11) is -2.69. The number of nitrogens with zero attached hydrogens (tertiary/aromatic N) is 2. The number of hydrogen-bond donors (Lipinski definition) is 1. The second-order valence-corrected chi connectivity index (χ2v) is 11.3. The Morgan fingerprint density at radius 3 is 2.21 bits per heavy atom. The molecule has 0 aliphatic rings. The molecule has 0 unspecified atom stereocenters. The van der Waals surface area contributed by atoms with E-state index < -0.39 is 28.5 Å². The van der Waals surface area contributed by atoms with Gasteiger partial charge in [0.25, 0.3) is 10.0 Å². The van der Waals surface area contributed by atoms with Gasteiger partial charge >= 0.3 is 0 Å². The van der Waals surface area contributed by atoms with Gasteiger partial charge in [-0.2, -0.15) is 0 Å². The summed E-state index contributed by atoms with van der Waals surface area (Å²) in [6.07, 6.45) is 0.299. The number of nitrogens with one attached hydrogen (secondary N) is 1. The van der Waals surface area contributed by atoms with E-state index in [0.29, 0.717) is 40.1 Å². The lowest BCUT2D eigenvalue weighted by Gasteiger charge is -2.33. The zero-order chi connectivity index (χ0) is 28.6. The van der Waals surface area contributed by atoms with Gasteiger partial charge in [0.2, 0.25) is 11.8 Å². The van der Waals surface area contributed by atoms with Crippen LogP contribution in [0.4, 0.5) is 5.69 Å². The molecule has 0 heterocycles. The first-order valence-corrected chi connectivity index (χ1v) is 14.6. The fourth-order valence-corrected chi connectivity index (χ4v) is 5.93. The topological polar surface area (TPSA) is 96.0 Å². The van der Waals surface area contributed by atoms with Crippen LogP contribution in [0.2, 0.25) is 10.0 Å². The predicted molar refractivity (Wildman–Crippen MR) is 154 cm³/mol. The third-order valence-electron chi connectivity index (χ3n) is 6.03. The van der Waals surface area contributed by atoms with Gasteiger partial charge in [-0.3, -0.25) is 13.9 Å². The van der Waals surface area contributed by atoms with Crippen LogP contribution in [0.5, 0.6) is 5.75 Å². The van der Waals surface area contributed by atoms with E-state index in [9.17, 15) is 18.0 Å². The summed E-state index contributed by atoms with van der Waals surface area (Å²) in [5.74, 6) is -0.424. The molecule has 3 aromatic carbocycles. The van der Waals surface area contributed by atoms with Crippen molar-refractivity contribution in [3.8, 4) is 5.75 Å². The summed E-state index contributed by atoms with van der Waals surface area (Å²) in [4.78, 5) is 28.0. The quantitative estimate of drug-likeness (QED) is 0.314. The Labute approximate surface area is 239 Å². The van der Waals surface area contributed by atoms with Crippen LogP contribution in [0.15, 0.2) is 77.7 Å². The zero-order valence-corrected chi connectivity index (χ0v) is 24.3. The van der Waals surface area contributed by atoms with Crippen LogP contribution in [0.1, 0.15) is 25.8 Å². The smallest absolute Gasteiger partial charge is 0.264 e. The largest absolute Gasteiger partial charge is 0.494 e. The highest BCUT2D eigenvalue weighted by Gasteiger charge is 2.33. The summed E-state index contributed by atoms with van der Waals surface area (Å²) >= 11 is 12.4. The van der Waals surface area contributed by atoms with Gasteiger partial charge < -0.3 is 15.0 Å². The number of carbonyl (C=O) groups is 2. The zero-order valence-electron chi connectivity index (χ0n) is 21.9. The molecule has 1 N–H and O–H groups in total. The van der Waals surface area contributed by atoms with Gasteiger partial charge in [-0.25, -0.2) is 8.42 Å². The molecule has 8 nitrogen and oxygen atoms in total. The number of para-hydroxylation sites is 1. The molecule has 0 aromatic heterocycles. The maximum absolute atomic E-state index is 13.9. The Morgan fingerprint density at radius 2 is 1.64 bits per heavy atom. The molecule has 0 spiro atoms. The average Bonchev–Trinajstić information content (AvgIpc) is 2.93. The molecule has 0 bridgehead atoms. The van der Waals surface area contributed by atoms with Crippen LogP contribution in [-0.4, -0.2) is 51.4 Å². The number of hydrogen-bond acceptors (Lipinski definition) is 5. The average molecular weight is 593 g/mol. The molecule has 0 fully saturated rings. The number of benzene rings is 3. The molecule has 0 radical (unpaired) electrons. The molecular weight excluding hydrogens is 561 g/mol. The van der Waals surface area contributed by atoms with Crippen molar-refractivity contribution in [3.63, 3.8) is 0 Å². The maximum atomic E-state index is 13.9. The van der Waals surface area contributed by atoms with Gasteiger partial charge in [-0.15, -0.1) is 0 Å². The van der Waals surface area contributed by atoms with Gasteiger partial charge in [0, 0.05) is 23.6 Å². The molecule has 0 aliphatic heterocycles. The summed E-state index contributed by atoms with van der Waals surface area (Å²) in [6.45, 7) is 3.48. The van der Waals surface area contributed by atoms with E-state index in [2.05, 4.69) is 5.32 Å². The molecule has 39 heavy (non-hydrogen) atoms. The second-order valence-electron chi connectivity index (χ2n) is 8.55. The van der Waals surface area contributed by atoms with E-state index in [1.165, 1.54) is 24.1 Å². The first kappa shape index (κ1) is 30.3. The normalized spacial score (nSPS) is 11.9. The van der Waals surface area contributed by atoms with Gasteiger partial charge in [-0.1, -0.05) is 54.4 Å². The van der Waals surface area contributed by atoms with Gasteiger partial charge in [-0.05, 0) is 67.4 Å². The first-order valence-electron chi connectivity index (χ1n) is 12.4. The van der Waals surface area contributed by atoms with Crippen LogP contribution < -0.4 is 14.4 Å². The molecular formula is C28H31Cl2N3O5S. The second kappa shape index (κ2) is 13.7. The SMILES string of the molecule is CCOc1ccc(S(=O)(=O)N(CC(=O)N(Cc2ccc(Cl)cc2Cl)[C@@H](CC)C(=O)NC)c2ccccc2)cc1. The molecule has 0 saturated carbocycles. The van der Waals surface area contributed by atoms with Crippen molar-refractivity contribution < 1.29 is 22.7 Å². The Morgan fingerprint density at radius 1 is 0.974 bits per heavy atom. The molecule has 0 aliphatic carbocycles. The lowest BCUT2D eigenvalue weighted by atomic mass is 10.1. The number of carbonyl (C=O) groups excluding carboxylic acids is 2. The molecule has 11 heteroatoms. The standard InChI is InChI=1S/C28H31Cl2N3O5S/c1-4-26(28(35)31-3)32(18-20-11-12-21(29)17-25(20)30)27(34)19-33(22-9-7-6-8-10-22)39(36,37)24-15-13-23(14-16-24)38-5-2/h6-17,26H,4-5,18-19H2,1-3H3,(H,31,35)/t26-/m0/s1. The molecule has 1 atom stereocenters. The van der Waals surface area contributed by atoms with Crippen molar-refractivity contribution in [2.24, 2.45) is 0 Å². The number of halogens is 2. The fourth-order valence-electron chi connectivity index (χ4n) is 4.04. The lowest BCUT2D eigenvalue weighted by molar-refractivity contribution is -0.140. The van der Waals surface area contributed by atoms with Crippen molar-refractivity contribution in [2.75, 3.05) is 24.5 Å². The van der Waals surface area contributed by atoms with Crippen molar-refractivity contribution in [1.82, 2.24) is 10.2 Å². The van der Waals surface area contributed by atoms with Crippen molar-refractivity contribution in [1.29, 1.82) is 0 Å². The van der Waals surface area contributed by atoms with E-state index in [4.69, 9.17) is 27.9 Å². The maximum Gasteiger partial charge on any atom is 0.264 e. The third-order valence-corrected chi connectivity index (χ3v) is 8.41. The van der Waals surface area contributed by atoms with Crippen LogP contribution in [-0.2, 0) is 26.2 Å². The van der Waals surface area contributed by atoms with E-state index in [0.717, 1.165) is 4.31 Å². The Hall–Kier alpha value is -3.27. The Kier molecular flexibility index (Phi) is 10.6. The minimum absolute atomic E-state index is 0.00626. The van der Waals surface area contributed by atoms with Crippen molar-refractivity contribution in [2.45, 2.75) is 37.8 Å². The lowest BCUT2D eigenvalue weighted by Crippen LogP contribution is -2.51. The van der Waals surface area contributed by atoms with Gasteiger partial charge in [0.05, 0.1) is 17.2 Å².